The van der Waals surface area contributed by atoms with Crippen LogP contribution in [0.15, 0.2) is 29.3 Å². The molecule has 18 heavy (non-hydrogen) atoms. The topological polar surface area (TPSA) is 52.1 Å². The fourth-order valence-corrected chi connectivity index (χ4v) is 2.18. The van der Waals surface area contributed by atoms with E-state index >= 15 is 0 Å². The number of fused-ring (bicyclic) bond motifs is 1. The molecule has 0 unspecified atom stereocenters. The molecule has 0 fully saturated rings. The molecular formula is C13H16N2O3. The first-order valence-corrected chi connectivity index (χ1v) is 6.18. The van der Waals surface area contributed by atoms with Crippen LogP contribution in [0.1, 0.15) is 6.92 Å². The van der Waals surface area contributed by atoms with Crippen LogP contribution in [0.25, 0.3) is 0 Å². The molecule has 0 saturated heterocycles. The molecular weight excluding hydrogens is 232 g/mol. The Bertz CT molecular complexity index is 475. The molecule has 2 aliphatic rings. The number of aliphatic imine (C=N–C) groups is 1. The zero-order valence-corrected chi connectivity index (χ0v) is 10.3. The van der Waals surface area contributed by atoms with Crippen LogP contribution in [0, 0.1) is 0 Å². The van der Waals surface area contributed by atoms with Gasteiger partial charge >= 0.3 is 5.79 Å². The van der Waals surface area contributed by atoms with Gasteiger partial charge in [0.05, 0.1) is 6.54 Å². The van der Waals surface area contributed by atoms with E-state index in [-0.39, 0.29) is 0 Å². The monoisotopic (exact) mass is 248 g/mol. The summed E-state index contributed by atoms with van der Waals surface area (Å²) in [6, 6.07) is 7.59. The molecule has 96 valence electrons. The van der Waals surface area contributed by atoms with Gasteiger partial charge in [-0.15, -0.1) is 0 Å². The van der Waals surface area contributed by atoms with Crippen molar-refractivity contribution >= 4 is 5.84 Å². The molecule has 0 radical (unpaired) electrons. The van der Waals surface area contributed by atoms with Crippen LogP contribution in [0.4, 0.5) is 0 Å². The molecule has 5 heteroatoms. The molecule has 1 aromatic carbocycles. The third-order valence-corrected chi connectivity index (χ3v) is 2.95. The van der Waals surface area contributed by atoms with Crippen LogP contribution in [0.5, 0.6) is 11.5 Å². The Kier molecular flexibility index (Phi) is 2.83. The third-order valence-electron chi connectivity index (χ3n) is 2.95. The highest BCUT2D eigenvalue weighted by molar-refractivity contribution is 5.91. The Morgan fingerprint density at radius 3 is 2.94 bits per heavy atom. The molecule has 1 N–H and O–H groups in total. The largest absolute Gasteiger partial charge is 0.482 e. The molecule has 2 heterocycles. The Labute approximate surface area is 106 Å². The average molecular weight is 248 g/mol. The van der Waals surface area contributed by atoms with Gasteiger partial charge in [-0.1, -0.05) is 12.1 Å². The second-order valence-electron chi connectivity index (χ2n) is 4.18. The van der Waals surface area contributed by atoms with Crippen molar-refractivity contribution < 1.29 is 14.2 Å². The molecule has 1 atom stereocenters. The van der Waals surface area contributed by atoms with Gasteiger partial charge in [-0.3, -0.25) is 4.99 Å². The lowest BCUT2D eigenvalue weighted by molar-refractivity contribution is -0.161. The lowest BCUT2D eigenvalue weighted by atomic mass is 10.2. The minimum absolute atomic E-state index is 0.309. The Morgan fingerprint density at radius 2 is 2.22 bits per heavy atom. The number of rotatable bonds is 3. The van der Waals surface area contributed by atoms with E-state index in [0.29, 0.717) is 19.0 Å². The minimum Gasteiger partial charge on any atom is -0.482 e. The number of benzene rings is 1. The number of nitrogens with one attached hydrogen (secondary N) is 1. The van der Waals surface area contributed by atoms with Gasteiger partial charge in [-0.05, 0) is 19.1 Å². The van der Waals surface area contributed by atoms with Gasteiger partial charge < -0.3 is 19.5 Å². The Morgan fingerprint density at radius 1 is 1.39 bits per heavy atom. The van der Waals surface area contributed by atoms with Crippen LogP contribution >= 0.6 is 0 Å². The Balaban J connectivity index is 1.93. The van der Waals surface area contributed by atoms with Crippen LogP contribution in [0.2, 0.25) is 0 Å². The predicted octanol–water partition coefficient (Wildman–Crippen LogP) is 1.19. The summed E-state index contributed by atoms with van der Waals surface area (Å²) in [6.45, 7) is 4.33. The van der Waals surface area contributed by atoms with Crippen molar-refractivity contribution in [2.75, 3.05) is 26.3 Å². The number of para-hydroxylation sites is 2. The van der Waals surface area contributed by atoms with Gasteiger partial charge in [0, 0.05) is 13.2 Å². The van der Waals surface area contributed by atoms with Crippen molar-refractivity contribution in [2.24, 2.45) is 4.99 Å². The summed E-state index contributed by atoms with van der Waals surface area (Å²) < 4.78 is 17.5. The standard InChI is InChI=1S/C13H16N2O3/c1-2-17-13(12-14-7-8-15-12)9-16-10-5-3-4-6-11(10)18-13/h3-6H,2,7-9H2,1H3,(H,14,15)/t13-/m1/s1. The highest BCUT2D eigenvalue weighted by Gasteiger charge is 2.45. The van der Waals surface area contributed by atoms with Crippen LogP contribution in [-0.2, 0) is 4.74 Å². The first-order valence-electron chi connectivity index (χ1n) is 6.18. The van der Waals surface area contributed by atoms with Gasteiger partial charge in [-0.2, -0.15) is 0 Å². The second-order valence-corrected chi connectivity index (χ2v) is 4.18. The SMILES string of the molecule is CCO[C@]1(C2=NCCN2)COc2ccccc2O1. The predicted molar refractivity (Wildman–Crippen MR) is 67.2 cm³/mol. The van der Waals surface area contributed by atoms with Crippen molar-refractivity contribution in [1.29, 1.82) is 0 Å². The average Bonchev–Trinajstić information content (AvgIpc) is 2.93. The molecule has 0 bridgehead atoms. The number of hydrogen-bond donors (Lipinski definition) is 1. The highest BCUT2D eigenvalue weighted by atomic mass is 16.7. The fraction of sp³-hybridized carbons (Fsp3) is 0.462. The molecule has 1 aromatic rings. The quantitative estimate of drug-likeness (QED) is 0.873. The van der Waals surface area contributed by atoms with E-state index in [0.717, 1.165) is 24.7 Å². The smallest absolute Gasteiger partial charge is 0.304 e. The van der Waals surface area contributed by atoms with E-state index in [4.69, 9.17) is 14.2 Å². The van der Waals surface area contributed by atoms with Crippen molar-refractivity contribution in [3.8, 4) is 11.5 Å². The summed E-state index contributed by atoms with van der Waals surface area (Å²) >= 11 is 0. The summed E-state index contributed by atoms with van der Waals surface area (Å²) in [4.78, 5) is 4.40. The normalized spacial score (nSPS) is 25.5. The number of ether oxygens (including phenoxy) is 3. The molecule has 0 amide bonds. The van der Waals surface area contributed by atoms with E-state index in [1.807, 2.05) is 31.2 Å². The van der Waals surface area contributed by atoms with Crippen molar-refractivity contribution in [3.05, 3.63) is 24.3 Å². The molecule has 3 rings (SSSR count). The lowest BCUT2D eigenvalue weighted by Crippen LogP contribution is -2.57. The van der Waals surface area contributed by atoms with Gasteiger partial charge in [0.15, 0.2) is 23.9 Å². The van der Waals surface area contributed by atoms with E-state index in [9.17, 15) is 0 Å². The van der Waals surface area contributed by atoms with E-state index in [2.05, 4.69) is 10.3 Å². The summed E-state index contributed by atoms with van der Waals surface area (Å²) in [5, 5.41) is 3.20. The van der Waals surface area contributed by atoms with E-state index in [1.54, 1.807) is 0 Å². The summed E-state index contributed by atoms with van der Waals surface area (Å²) in [7, 11) is 0. The van der Waals surface area contributed by atoms with Gasteiger partial charge in [0.1, 0.15) is 0 Å². The number of hydrogen-bond acceptors (Lipinski definition) is 5. The second kappa shape index (κ2) is 4.49. The molecule has 0 aromatic heterocycles. The summed E-state index contributed by atoms with van der Waals surface area (Å²) in [5.41, 5.74) is 0. The first kappa shape index (κ1) is 11.3. The molecule has 2 aliphatic heterocycles. The zero-order valence-electron chi connectivity index (χ0n) is 10.3. The number of amidine groups is 1. The Hall–Kier alpha value is -1.75. The maximum atomic E-state index is 6.00. The zero-order chi connectivity index (χ0) is 12.4. The number of nitrogens with zero attached hydrogens (tertiary/aromatic N) is 1. The minimum atomic E-state index is -0.931. The first-order chi connectivity index (χ1) is 8.84. The maximum Gasteiger partial charge on any atom is 0.304 e. The molecule has 0 saturated carbocycles. The summed E-state index contributed by atoms with van der Waals surface area (Å²) in [6.07, 6.45) is 0. The van der Waals surface area contributed by atoms with Crippen LogP contribution in [0.3, 0.4) is 0 Å². The van der Waals surface area contributed by atoms with Gasteiger partial charge in [-0.25, -0.2) is 0 Å². The van der Waals surface area contributed by atoms with Crippen molar-refractivity contribution in [3.63, 3.8) is 0 Å². The molecule has 0 spiro atoms. The molecule has 0 aliphatic carbocycles. The van der Waals surface area contributed by atoms with Gasteiger partial charge in [0.2, 0.25) is 0 Å². The fourth-order valence-electron chi connectivity index (χ4n) is 2.18. The lowest BCUT2D eigenvalue weighted by Gasteiger charge is -2.37. The third kappa shape index (κ3) is 1.80. The van der Waals surface area contributed by atoms with Gasteiger partial charge in [0.25, 0.3) is 0 Å². The van der Waals surface area contributed by atoms with Crippen molar-refractivity contribution in [2.45, 2.75) is 12.7 Å². The molecule has 5 nitrogen and oxygen atoms in total. The van der Waals surface area contributed by atoms with E-state index < -0.39 is 5.79 Å². The highest BCUT2D eigenvalue weighted by Crippen LogP contribution is 2.36. The summed E-state index contributed by atoms with van der Waals surface area (Å²) in [5.74, 6) is 1.22. The maximum absolute atomic E-state index is 6.00. The van der Waals surface area contributed by atoms with Crippen LogP contribution < -0.4 is 14.8 Å². The van der Waals surface area contributed by atoms with Crippen LogP contribution in [-0.4, -0.2) is 37.9 Å². The van der Waals surface area contributed by atoms with Crippen molar-refractivity contribution in [1.82, 2.24) is 5.32 Å². The van der Waals surface area contributed by atoms with E-state index in [1.165, 1.54) is 0 Å².